The van der Waals surface area contributed by atoms with Crippen molar-refractivity contribution in [3.63, 3.8) is 0 Å². The molecule has 3 aromatic carbocycles. The number of hydrogen-bond acceptors (Lipinski definition) is 8. The molecule has 4 heterocycles. The van der Waals surface area contributed by atoms with Crippen LogP contribution < -0.4 is 25.0 Å². The molecule has 0 aliphatic carbocycles. The summed E-state index contributed by atoms with van der Waals surface area (Å²) in [6.45, 7) is 4.04. The van der Waals surface area contributed by atoms with Crippen LogP contribution in [0.4, 0.5) is 11.4 Å². The molecular weight excluding hydrogens is 562 g/mol. The number of amides is 4. The van der Waals surface area contributed by atoms with Crippen molar-refractivity contribution in [1.82, 2.24) is 15.1 Å². The summed E-state index contributed by atoms with van der Waals surface area (Å²) in [6, 6.07) is 18.3. The Hall–Kier alpha value is -4.90. The zero-order valence-electron chi connectivity index (χ0n) is 24.4. The molecule has 0 bridgehead atoms. The van der Waals surface area contributed by atoms with Gasteiger partial charge in [-0.3, -0.25) is 29.4 Å². The Bertz CT molecular complexity index is 1660. The van der Waals surface area contributed by atoms with E-state index in [9.17, 15) is 19.2 Å². The lowest BCUT2D eigenvalue weighted by atomic mass is 10.0. The highest BCUT2D eigenvalue weighted by Crippen LogP contribution is 2.41. The molecule has 0 radical (unpaired) electrons. The van der Waals surface area contributed by atoms with Crippen molar-refractivity contribution in [3.8, 4) is 11.5 Å². The maximum Gasteiger partial charge on any atom is 0.255 e. The molecule has 11 nitrogen and oxygen atoms in total. The fourth-order valence-electron chi connectivity index (χ4n) is 6.58. The largest absolute Gasteiger partial charge is 0.497 e. The summed E-state index contributed by atoms with van der Waals surface area (Å²) in [4.78, 5) is 56.4. The first kappa shape index (κ1) is 27.9. The number of rotatable bonds is 6. The second-order valence-electron chi connectivity index (χ2n) is 11.7. The molecule has 2 N–H and O–H groups in total. The van der Waals surface area contributed by atoms with Crippen LogP contribution in [0.5, 0.6) is 11.5 Å². The van der Waals surface area contributed by atoms with Crippen LogP contribution in [-0.4, -0.2) is 78.9 Å². The summed E-state index contributed by atoms with van der Waals surface area (Å²) in [5.74, 6) is 0.302. The molecule has 11 heteroatoms. The van der Waals surface area contributed by atoms with Crippen molar-refractivity contribution in [2.75, 3.05) is 43.6 Å². The molecule has 4 aliphatic heterocycles. The predicted molar refractivity (Wildman–Crippen MR) is 162 cm³/mol. The Labute approximate surface area is 254 Å². The van der Waals surface area contributed by atoms with E-state index in [4.69, 9.17) is 9.47 Å². The Morgan fingerprint density at radius 2 is 1.89 bits per heavy atom. The van der Waals surface area contributed by atoms with Gasteiger partial charge in [-0.2, -0.15) is 0 Å². The summed E-state index contributed by atoms with van der Waals surface area (Å²) in [7, 11) is 1.59. The Balaban J connectivity index is 0.999. The highest BCUT2D eigenvalue weighted by Gasteiger charge is 2.41. The fourth-order valence-corrected chi connectivity index (χ4v) is 6.58. The van der Waals surface area contributed by atoms with Crippen LogP contribution in [-0.2, 0) is 22.7 Å². The van der Waals surface area contributed by atoms with Crippen molar-refractivity contribution >= 4 is 35.0 Å². The normalized spacial score (nSPS) is 21.2. The highest BCUT2D eigenvalue weighted by atomic mass is 16.5. The summed E-state index contributed by atoms with van der Waals surface area (Å²) >= 11 is 0. The van der Waals surface area contributed by atoms with E-state index in [1.54, 1.807) is 36.3 Å². The van der Waals surface area contributed by atoms with Crippen LogP contribution in [0.2, 0.25) is 0 Å². The van der Waals surface area contributed by atoms with Crippen LogP contribution in [0.15, 0.2) is 60.7 Å². The molecule has 2 fully saturated rings. The third-order valence-corrected chi connectivity index (χ3v) is 8.85. The van der Waals surface area contributed by atoms with Crippen molar-refractivity contribution in [3.05, 3.63) is 82.9 Å². The van der Waals surface area contributed by atoms with E-state index < -0.39 is 11.9 Å². The van der Waals surface area contributed by atoms with E-state index in [-0.39, 0.29) is 30.2 Å². The molecule has 44 heavy (non-hydrogen) atoms. The van der Waals surface area contributed by atoms with Gasteiger partial charge in [0.2, 0.25) is 11.8 Å². The number of methoxy groups -OCH3 is 1. The molecular formula is C33H33N5O6. The van der Waals surface area contributed by atoms with Crippen molar-refractivity contribution in [2.45, 2.75) is 38.0 Å². The van der Waals surface area contributed by atoms with Crippen LogP contribution >= 0.6 is 0 Å². The Kier molecular flexibility index (Phi) is 7.17. The number of carbonyl (C=O) groups is 4. The minimum Gasteiger partial charge on any atom is -0.497 e. The second-order valence-corrected chi connectivity index (χ2v) is 11.7. The molecule has 7 rings (SSSR count). The number of piperidine rings is 1. The van der Waals surface area contributed by atoms with Gasteiger partial charge in [-0.1, -0.05) is 12.1 Å². The average molecular weight is 596 g/mol. The minimum absolute atomic E-state index is 0.149. The van der Waals surface area contributed by atoms with Crippen LogP contribution in [0.25, 0.3) is 0 Å². The van der Waals surface area contributed by atoms with Crippen molar-refractivity contribution in [1.29, 1.82) is 0 Å². The number of ether oxygens (including phenoxy) is 2. The maximum atomic E-state index is 13.2. The molecule has 0 aromatic heterocycles. The van der Waals surface area contributed by atoms with E-state index in [1.807, 2.05) is 30.3 Å². The number of fused-ring (bicyclic) bond motifs is 4. The fraction of sp³-hybridized carbons (Fsp3) is 0.333. The highest BCUT2D eigenvalue weighted by molar-refractivity contribution is 6.06. The van der Waals surface area contributed by atoms with Gasteiger partial charge in [0.15, 0.2) is 0 Å². The van der Waals surface area contributed by atoms with Crippen molar-refractivity contribution < 1.29 is 28.7 Å². The SMILES string of the molecule is COc1ccc(C(=O)Nc2cccc(CN3CCN4c5cc6c(cc5OC[C@@H]4C3)C(=O)N([C@H]3CCC(=O)NC3=O)C6)c2)cc1. The van der Waals surface area contributed by atoms with Gasteiger partial charge < -0.3 is 24.6 Å². The summed E-state index contributed by atoms with van der Waals surface area (Å²) in [6.07, 6.45) is 0.563. The molecule has 3 aromatic rings. The van der Waals surface area contributed by atoms with Crippen molar-refractivity contribution in [2.24, 2.45) is 0 Å². The molecule has 0 unspecified atom stereocenters. The van der Waals surface area contributed by atoms with Gasteiger partial charge in [0, 0.05) is 56.0 Å². The van der Waals surface area contributed by atoms with Crippen LogP contribution in [0, 0.1) is 0 Å². The van der Waals surface area contributed by atoms with Gasteiger partial charge >= 0.3 is 0 Å². The van der Waals surface area contributed by atoms with Crippen LogP contribution in [0.1, 0.15) is 44.7 Å². The maximum absolute atomic E-state index is 13.2. The zero-order valence-corrected chi connectivity index (χ0v) is 24.4. The summed E-state index contributed by atoms with van der Waals surface area (Å²) in [5.41, 5.74) is 4.81. The number of benzene rings is 3. The first-order chi connectivity index (χ1) is 21.4. The molecule has 226 valence electrons. The van der Waals surface area contributed by atoms with Gasteiger partial charge in [-0.15, -0.1) is 0 Å². The summed E-state index contributed by atoms with van der Waals surface area (Å²) in [5, 5.41) is 5.35. The standard InChI is InChI=1S/C33H33N5O6/c1-43-25-7-5-21(6-8-25)31(40)34-23-4-2-3-20(13-23)16-36-11-12-37-24(18-36)19-44-29-15-26-22(14-28(29)37)17-38(33(26)42)27-9-10-30(39)35-32(27)41/h2-8,13-15,24,27H,9-12,16-19H2,1H3,(H,34,40)(H,35,39,41)/t24-,27-/m0/s1. The number of nitrogens with zero attached hydrogens (tertiary/aromatic N) is 3. The lowest BCUT2D eigenvalue weighted by Crippen LogP contribution is -2.56. The van der Waals surface area contributed by atoms with Gasteiger partial charge in [0.1, 0.15) is 24.1 Å². The van der Waals surface area contributed by atoms with Gasteiger partial charge in [0.05, 0.1) is 18.8 Å². The number of imide groups is 1. The predicted octanol–water partition coefficient (Wildman–Crippen LogP) is 2.79. The number of anilines is 2. The molecule has 0 saturated carbocycles. The molecule has 4 amide bonds. The van der Waals surface area contributed by atoms with E-state index in [0.717, 1.165) is 48.7 Å². The molecule has 0 spiro atoms. The number of carbonyl (C=O) groups excluding carboxylic acids is 4. The van der Waals surface area contributed by atoms with Gasteiger partial charge in [0.25, 0.3) is 11.8 Å². The number of piperazine rings is 1. The van der Waals surface area contributed by atoms with E-state index in [1.165, 1.54) is 0 Å². The van der Waals surface area contributed by atoms with E-state index >= 15 is 0 Å². The van der Waals surface area contributed by atoms with E-state index in [0.29, 0.717) is 42.2 Å². The third-order valence-electron chi connectivity index (χ3n) is 8.85. The average Bonchev–Trinajstić information content (AvgIpc) is 3.34. The smallest absolute Gasteiger partial charge is 0.255 e. The molecule has 2 atom stereocenters. The van der Waals surface area contributed by atoms with Gasteiger partial charge in [-0.25, -0.2) is 0 Å². The lowest BCUT2D eigenvalue weighted by Gasteiger charge is -2.45. The molecule has 4 aliphatic rings. The monoisotopic (exact) mass is 595 g/mol. The summed E-state index contributed by atoms with van der Waals surface area (Å²) < 4.78 is 11.4. The first-order valence-electron chi connectivity index (χ1n) is 14.8. The Morgan fingerprint density at radius 1 is 1.05 bits per heavy atom. The van der Waals surface area contributed by atoms with Gasteiger partial charge in [-0.05, 0) is 66.1 Å². The minimum atomic E-state index is -0.642. The number of nitrogens with one attached hydrogen (secondary N) is 2. The Morgan fingerprint density at radius 3 is 2.68 bits per heavy atom. The molecule has 2 saturated heterocycles. The quantitative estimate of drug-likeness (QED) is 0.418. The first-order valence-corrected chi connectivity index (χ1v) is 14.8. The van der Waals surface area contributed by atoms with Crippen LogP contribution in [0.3, 0.4) is 0 Å². The topological polar surface area (TPSA) is 121 Å². The lowest BCUT2D eigenvalue weighted by molar-refractivity contribution is -0.136. The second kappa shape index (κ2) is 11.3. The number of hydrogen-bond donors (Lipinski definition) is 2. The van der Waals surface area contributed by atoms with E-state index in [2.05, 4.69) is 26.5 Å². The zero-order chi connectivity index (χ0) is 30.4. The third kappa shape index (κ3) is 5.24.